The van der Waals surface area contributed by atoms with Gasteiger partial charge in [0.05, 0.1) is 6.42 Å². The van der Waals surface area contributed by atoms with E-state index in [0.29, 0.717) is 26.1 Å². The van der Waals surface area contributed by atoms with E-state index in [2.05, 4.69) is 18.2 Å². The molecule has 1 aromatic rings. The van der Waals surface area contributed by atoms with E-state index >= 15 is 0 Å². The van der Waals surface area contributed by atoms with E-state index in [4.69, 9.17) is 4.74 Å². The fraction of sp³-hybridized carbons (Fsp3) is 0.636. The lowest BCUT2D eigenvalue weighted by Crippen LogP contribution is -2.42. The minimum atomic E-state index is -0.261. The molecule has 0 bridgehead atoms. The average Bonchev–Trinajstić information content (AvgIpc) is 3.11. The van der Waals surface area contributed by atoms with E-state index in [0.717, 1.165) is 44.3 Å². The molecule has 2 aliphatic heterocycles. The molecule has 146 valence electrons. The fourth-order valence-corrected chi connectivity index (χ4v) is 4.55. The van der Waals surface area contributed by atoms with E-state index in [1.807, 2.05) is 9.80 Å². The van der Waals surface area contributed by atoms with Crippen LogP contribution in [0, 0.1) is 0 Å². The van der Waals surface area contributed by atoms with Gasteiger partial charge in [-0.2, -0.15) is 0 Å². The predicted octanol–water partition coefficient (Wildman–Crippen LogP) is 2.35. The average molecular weight is 370 g/mol. The van der Waals surface area contributed by atoms with Crippen molar-refractivity contribution < 1.29 is 14.3 Å². The van der Waals surface area contributed by atoms with Gasteiger partial charge in [-0.25, -0.2) is 0 Å². The lowest BCUT2D eigenvalue weighted by atomic mass is 9.90. The molecule has 0 saturated carbocycles. The van der Waals surface area contributed by atoms with Crippen molar-refractivity contribution in [2.45, 2.75) is 57.5 Å². The lowest BCUT2D eigenvalue weighted by molar-refractivity contribution is -0.141. The van der Waals surface area contributed by atoms with E-state index < -0.39 is 0 Å². The summed E-state index contributed by atoms with van der Waals surface area (Å²) in [6.07, 6.45) is 7.69. The van der Waals surface area contributed by atoms with Crippen molar-refractivity contribution in [3.8, 4) is 0 Å². The zero-order valence-corrected chi connectivity index (χ0v) is 16.1. The van der Waals surface area contributed by atoms with Crippen molar-refractivity contribution >= 4 is 11.8 Å². The van der Waals surface area contributed by atoms with Gasteiger partial charge in [0.2, 0.25) is 5.91 Å². The molecular formula is C22H30N2O3. The number of hydrogen-bond donors (Lipinski definition) is 0. The monoisotopic (exact) mass is 370 g/mol. The first-order valence-corrected chi connectivity index (χ1v) is 10.5. The number of fused-ring (bicyclic) bond motifs is 1. The molecule has 3 aliphatic rings. The summed E-state index contributed by atoms with van der Waals surface area (Å²) in [7, 11) is 0. The maximum absolute atomic E-state index is 12.8. The number of ether oxygens (including phenoxy) is 1. The molecule has 0 aromatic heterocycles. The molecule has 2 fully saturated rings. The summed E-state index contributed by atoms with van der Waals surface area (Å²) in [4.78, 5) is 29.2. The molecule has 5 nitrogen and oxygen atoms in total. The maximum atomic E-state index is 12.8. The van der Waals surface area contributed by atoms with Crippen LogP contribution in [0.15, 0.2) is 18.2 Å². The first kappa shape index (κ1) is 18.5. The molecule has 5 heteroatoms. The first-order chi connectivity index (χ1) is 13.2. The van der Waals surface area contributed by atoms with Crippen molar-refractivity contribution in [2.24, 2.45) is 0 Å². The highest BCUT2D eigenvalue weighted by Crippen LogP contribution is 2.23. The standard InChI is InChI=1S/C22H30N2O3/c25-21(16-17-8-9-18-5-1-2-6-19(18)15-17)23-10-4-11-24(13-12-23)22(26)20-7-3-14-27-20/h8-9,15,20H,1-7,10-14,16H2. The van der Waals surface area contributed by atoms with Gasteiger partial charge in [-0.15, -0.1) is 0 Å². The third-order valence-corrected chi connectivity index (χ3v) is 6.13. The summed E-state index contributed by atoms with van der Waals surface area (Å²) in [5.74, 6) is 0.286. The van der Waals surface area contributed by atoms with Crippen LogP contribution in [0.1, 0.15) is 48.8 Å². The molecule has 0 radical (unpaired) electrons. The Morgan fingerprint density at radius 3 is 2.52 bits per heavy atom. The molecule has 2 amide bonds. The third kappa shape index (κ3) is 4.34. The second kappa shape index (κ2) is 8.42. The Morgan fingerprint density at radius 1 is 0.926 bits per heavy atom. The zero-order chi connectivity index (χ0) is 18.6. The summed E-state index contributed by atoms with van der Waals surface area (Å²) in [6.45, 7) is 3.40. The highest BCUT2D eigenvalue weighted by atomic mass is 16.5. The molecule has 2 saturated heterocycles. The highest BCUT2D eigenvalue weighted by molar-refractivity contribution is 5.82. The van der Waals surface area contributed by atoms with Crippen LogP contribution in [0.3, 0.4) is 0 Å². The minimum absolute atomic E-state index is 0.108. The number of aryl methyl sites for hydroxylation is 2. The Kier molecular flexibility index (Phi) is 5.77. The Balaban J connectivity index is 1.33. The smallest absolute Gasteiger partial charge is 0.251 e. The Labute approximate surface area is 161 Å². The van der Waals surface area contributed by atoms with Gasteiger partial charge < -0.3 is 14.5 Å². The van der Waals surface area contributed by atoms with Crippen molar-refractivity contribution in [3.05, 3.63) is 34.9 Å². The topological polar surface area (TPSA) is 49.9 Å². The van der Waals surface area contributed by atoms with E-state index in [-0.39, 0.29) is 17.9 Å². The largest absolute Gasteiger partial charge is 0.368 e. The highest BCUT2D eigenvalue weighted by Gasteiger charge is 2.30. The second-order valence-electron chi connectivity index (χ2n) is 8.05. The van der Waals surface area contributed by atoms with Crippen LogP contribution in [-0.4, -0.2) is 60.5 Å². The molecule has 0 N–H and O–H groups in total. The summed E-state index contributed by atoms with van der Waals surface area (Å²) < 4.78 is 5.54. The predicted molar refractivity (Wildman–Crippen MR) is 104 cm³/mol. The number of carbonyl (C=O) groups is 2. The number of hydrogen-bond acceptors (Lipinski definition) is 3. The third-order valence-electron chi connectivity index (χ3n) is 6.13. The zero-order valence-electron chi connectivity index (χ0n) is 16.1. The van der Waals surface area contributed by atoms with Crippen LogP contribution in [0.4, 0.5) is 0 Å². The summed E-state index contributed by atoms with van der Waals surface area (Å²) >= 11 is 0. The van der Waals surface area contributed by atoms with E-state index in [1.54, 1.807) is 0 Å². The van der Waals surface area contributed by atoms with Crippen LogP contribution < -0.4 is 0 Å². The molecular weight excluding hydrogens is 340 g/mol. The Hall–Kier alpha value is -1.88. The molecule has 1 unspecified atom stereocenters. The quantitative estimate of drug-likeness (QED) is 0.821. The maximum Gasteiger partial charge on any atom is 0.251 e. The van der Waals surface area contributed by atoms with Gasteiger partial charge in [0.25, 0.3) is 5.91 Å². The number of rotatable bonds is 3. The van der Waals surface area contributed by atoms with Gasteiger partial charge >= 0.3 is 0 Å². The minimum Gasteiger partial charge on any atom is -0.368 e. The van der Waals surface area contributed by atoms with Crippen molar-refractivity contribution in [2.75, 3.05) is 32.8 Å². The molecule has 4 rings (SSSR count). The summed E-state index contributed by atoms with van der Waals surface area (Å²) in [5.41, 5.74) is 4.00. The first-order valence-electron chi connectivity index (χ1n) is 10.5. The van der Waals surface area contributed by atoms with E-state index in [9.17, 15) is 9.59 Å². The van der Waals surface area contributed by atoms with Crippen LogP contribution in [0.5, 0.6) is 0 Å². The number of amides is 2. The van der Waals surface area contributed by atoms with Gasteiger partial charge in [0.15, 0.2) is 0 Å². The normalized spacial score (nSPS) is 23.0. The lowest BCUT2D eigenvalue weighted by Gasteiger charge is -2.24. The van der Waals surface area contributed by atoms with Crippen LogP contribution >= 0.6 is 0 Å². The molecule has 27 heavy (non-hydrogen) atoms. The van der Waals surface area contributed by atoms with Crippen molar-refractivity contribution in [3.63, 3.8) is 0 Å². The number of nitrogens with zero attached hydrogens (tertiary/aromatic N) is 2. The number of carbonyl (C=O) groups excluding carboxylic acids is 2. The summed E-state index contributed by atoms with van der Waals surface area (Å²) in [5, 5.41) is 0. The van der Waals surface area contributed by atoms with Crippen molar-refractivity contribution in [1.82, 2.24) is 9.80 Å². The van der Waals surface area contributed by atoms with Crippen LogP contribution in [-0.2, 0) is 33.6 Å². The summed E-state index contributed by atoms with van der Waals surface area (Å²) in [6, 6.07) is 6.56. The van der Waals surface area contributed by atoms with Crippen LogP contribution in [0.25, 0.3) is 0 Å². The second-order valence-corrected chi connectivity index (χ2v) is 8.05. The van der Waals surface area contributed by atoms with Crippen molar-refractivity contribution in [1.29, 1.82) is 0 Å². The van der Waals surface area contributed by atoms with Gasteiger partial charge in [-0.1, -0.05) is 18.2 Å². The fourth-order valence-electron chi connectivity index (χ4n) is 4.55. The Morgan fingerprint density at radius 2 is 1.70 bits per heavy atom. The van der Waals surface area contributed by atoms with Gasteiger partial charge in [0, 0.05) is 32.8 Å². The van der Waals surface area contributed by atoms with Gasteiger partial charge in [-0.05, 0) is 61.6 Å². The Bertz CT molecular complexity index is 697. The molecule has 1 aliphatic carbocycles. The van der Waals surface area contributed by atoms with Gasteiger partial charge in [0.1, 0.15) is 6.10 Å². The molecule has 1 atom stereocenters. The van der Waals surface area contributed by atoms with Gasteiger partial charge in [-0.3, -0.25) is 9.59 Å². The van der Waals surface area contributed by atoms with E-state index in [1.165, 1.54) is 30.4 Å². The number of benzene rings is 1. The molecule has 1 aromatic carbocycles. The SMILES string of the molecule is O=C(Cc1ccc2c(c1)CCCC2)N1CCCN(C(=O)C2CCCO2)CC1. The molecule has 0 spiro atoms. The molecule has 2 heterocycles. The van der Waals surface area contributed by atoms with Crippen LogP contribution in [0.2, 0.25) is 0 Å².